The molecule has 0 atom stereocenters. The Kier molecular flexibility index (Phi) is 5.41. The van der Waals surface area contributed by atoms with E-state index in [1.165, 1.54) is 13.2 Å². The summed E-state index contributed by atoms with van der Waals surface area (Å²) < 4.78 is 9.57. The van der Waals surface area contributed by atoms with Gasteiger partial charge in [0, 0.05) is 19.5 Å². The van der Waals surface area contributed by atoms with Crippen molar-refractivity contribution in [3.05, 3.63) is 35.7 Å². The van der Waals surface area contributed by atoms with Gasteiger partial charge in [-0.3, -0.25) is 4.98 Å². The second-order valence-electron chi connectivity index (χ2n) is 3.08. The van der Waals surface area contributed by atoms with E-state index < -0.39 is 5.97 Å². The highest BCUT2D eigenvalue weighted by molar-refractivity contribution is 5.97. The first-order valence-electron chi connectivity index (χ1n) is 4.96. The van der Waals surface area contributed by atoms with Gasteiger partial charge in [-0.05, 0) is 17.7 Å². The van der Waals surface area contributed by atoms with E-state index in [1.54, 1.807) is 30.6 Å². The maximum atomic E-state index is 11.5. The SMILES string of the molecule is COCCOC(=O)C(C#N)=Cc1cccnc1. The van der Waals surface area contributed by atoms with Crippen LogP contribution >= 0.6 is 0 Å². The van der Waals surface area contributed by atoms with Crippen LogP contribution in [0.3, 0.4) is 0 Å². The first-order valence-corrected chi connectivity index (χ1v) is 4.96. The normalized spacial score (nSPS) is 10.7. The van der Waals surface area contributed by atoms with Crippen LogP contribution in [0.4, 0.5) is 0 Å². The highest BCUT2D eigenvalue weighted by atomic mass is 16.6. The molecule has 5 heteroatoms. The molecule has 0 fully saturated rings. The van der Waals surface area contributed by atoms with Crippen molar-refractivity contribution in [1.29, 1.82) is 5.26 Å². The van der Waals surface area contributed by atoms with Gasteiger partial charge in [0.2, 0.25) is 0 Å². The molecule has 5 nitrogen and oxygen atoms in total. The molecule has 1 aromatic rings. The summed E-state index contributed by atoms with van der Waals surface area (Å²) in [4.78, 5) is 15.3. The van der Waals surface area contributed by atoms with E-state index in [1.807, 2.05) is 0 Å². The lowest BCUT2D eigenvalue weighted by Gasteiger charge is -2.02. The summed E-state index contributed by atoms with van der Waals surface area (Å²) in [5, 5.41) is 8.84. The molecule has 0 aliphatic carbocycles. The summed E-state index contributed by atoms with van der Waals surface area (Å²) in [6, 6.07) is 5.26. The van der Waals surface area contributed by atoms with Crippen LogP contribution in [0.15, 0.2) is 30.1 Å². The van der Waals surface area contributed by atoms with Gasteiger partial charge in [0.15, 0.2) is 0 Å². The Morgan fingerprint density at radius 2 is 2.41 bits per heavy atom. The largest absolute Gasteiger partial charge is 0.459 e. The first-order chi connectivity index (χ1) is 8.27. The second kappa shape index (κ2) is 7.14. The summed E-state index contributed by atoms with van der Waals surface area (Å²) in [7, 11) is 1.50. The standard InChI is InChI=1S/C12H12N2O3/c1-16-5-6-17-12(15)11(8-13)7-10-3-2-4-14-9-10/h2-4,7,9H,5-6H2,1H3. The van der Waals surface area contributed by atoms with Gasteiger partial charge in [0.05, 0.1) is 6.61 Å². The lowest BCUT2D eigenvalue weighted by atomic mass is 10.2. The van der Waals surface area contributed by atoms with Crippen molar-refractivity contribution in [1.82, 2.24) is 4.98 Å². The minimum absolute atomic E-state index is 0.0610. The van der Waals surface area contributed by atoms with E-state index in [9.17, 15) is 4.79 Å². The molecule has 88 valence electrons. The van der Waals surface area contributed by atoms with Crippen LogP contribution in [-0.2, 0) is 14.3 Å². The zero-order valence-corrected chi connectivity index (χ0v) is 9.42. The maximum Gasteiger partial charge on any atom is 0.348 e. The minimum atomic E-state index is -0.659. The zero-order valence-electron chi connectivity index (χ0n) is 9.42. The minimum Gasteiger partial charge on any atom is -0.459 e. The highest BCUT2D eigenvalue weighted by Crippen LogP contribution is 2.06. The number of carbonyl (C=O) groups is 1. The summed E-state index contributed by atoms with van der Waals surface area (Å²) in [5.41, 5.74) is 0.613. The van der Waals surface area contributed by atoms with Crippen molar-refractivity contribution in [2.75, 3.05) is 20.3 Å². The molecule has 17 heavy (non-hydrogen) atoms. The average Bonchev–Trinajstić information content (AvgIpc) is 2.37. The van der Waals surface area contributed by atoms with Crippen molar-refractivity contribution >= 4 is 12.0 Å². The smallest absolute Gasteiger partial charge is 0.348 e. The number of aromatic nitrogens is 1. The summed E-state index contributed by atoms with van der Waals surface area (Å²) in [6.07, 6.45) is 4.60. The number of ether oxygens (including phenoxy) is 2. The lowest BCUT2D eigenvalue weighted by Crippen LogP contribution is -2.11. The van der Waals surface area contributed by atoms with Gasteiger partial charge in [-0.25, -0.2) is 4.79 Å². The number of nitrogens with zero attached hydrogens (tertiary/aromatic N) is 2. The van der Waals surface area contributed by atoms with E-state index in [0.717, 1.165) is 0 Å². The molecule has 0 bridgehead atoms. The molecule has 1 heterocycles. The van der Waals surface area contributed by atoms with Crippen molar-refractivity contribution in [2.45, 2.75) is 0 Å². The van der Waals surface area contributed by atoms with Gasteiger partial charge in [0.25, 0.3) is 0 Å². The first kappa shape index (κ1) is 12.9. The quantitative estimate of drug-likeness (QED) is 0.330. The number of nitriles is 1. The predicted octanol–water partition coefficient (Wildman–Crippen LogP) is 1.18. The topological polar surface area (TPSA) is 72.2 Å². The average molecular weight is 232 g/mol. The fourth-order valence-electron chi connectivity index (χ4n) is 1.06. The molecule has 0 unspecified atom stereocenters. The van der Waals surface area contributed by atoms with Crippen LogP contribution in [0, 0.1) is 11.3 Å². The molecular weight excluding hydrogens is 220 g/mol. The van der Waals surface area contributed by atoms with Gasteiger partial charge in [-0.2, -0.15) is 5.26 Å². The Hall–Kier alpha value is -2.19. The molecule has 0 aliphatic heterocycles. The van der Waals surface area contributed by atoms with Crippen LogP contribution in [0.25, 0.3) is 6.08 Å². The number of carbonyl (C=O) groups excluding carboxylic acids is 1. The van der Waals surface area contributed by atoms with Crippen LogP contribution < -0.4 is 0 Å². The molecule has 0 amide bonds. The lowest BCUT2D eigenvalue weighted by molar-refractivity contribution is -0.139. The third kappa shape index (κ3) is 4.45. The Bertz CT molecular complexity index is 435. The van der Waals surface area contributed by atoms with Crippen molar-refractivity contribution < 1.29 is 14.3 Å². The fraction of sp³-hybridized carbons (Fsp3) is 0.250. The molecule has 0 aliphatic rings. The summed E-state index contributed by atoms with van der Waals surface area (Å²) in [5.74, 6) is -0.659. The third-order valence-electron chi connectivity index (χ3n) is 1.86. The van der Waals surface area contributed by atoms with Gasteiger partial charge in [0.1, 0.15) is 18.2 Å². The van der Waals surface area contributed by atoms with Crippen LogP contribution in [0.1, 0.15) is 5.56 Å². The molecule has 0 spiro atoms. The third-order valence-corrected chi connectivity index (χ3v) is 1.86. The Morgan fingerprint density at radius 3 is 3.00 bits per heavy atom. The van der Waals surface area contributed by atoms with Crippen LogP contribution in [0.2, 0.25) is 0 Å². The molecular formula is C12H12N2O3. The molecule has 0 saturated carbocycles. The zero-order chi connectivity index (χ0) is 12.5. The molecule has 0 saturated heterocycles. The number of methoxy groups -OCH3 is 1. The van der Waals surface area contributed by atoms with Gasteiger partial charge in [-0.15, -0.1) is 0 Å². The van der Waals surface area contributed by atoms with Crippen molar-refractivity contribution in [3.8, 4) is 6.07 Å². The number of esters is 1. The van der Waals surface area contributed by atoms with E-state index >= 15 is 0 Å². The number of pyridine rings is 1. The van der Waals surface area contributed by atoms with E-state index in [0.29, 0.717) is 12.2 Å². The van der Waals surface area contributed by atoms with Crippen LogP contribution in [-0.4, -0.2) is 31.3 Å². The van der Waals surface area contributed by atoms with E-state index in [-0.39, 0.29) is 12.2 Å². The Balaban J connectivity index is 2.69. The molecule has 0 N–H and O–H groups in total. The molecule has 1 aromatic heterocycles. The number of hydrogen-bond donors (Lipinski definition) is 0. The van der Waals surface area contributed by atoms with Crippen LogP contribution in [0.5, 0.6) is 0 Å². The second-order valence-corrected chi connectivity index (χ2v) is 3.08. The monoisotopic (exact) mass is 232 g/mol. The fourth-order valence-corrected chi connectivity index (χ4v) is 1.06. The highest BCUT2D eigenvalue weighted by Gasteiger charge is 2.10. The maximum absolute atomic E-state index is 11.5. The molecule has 1 rings (SSSR count). The summed E-state index contributed by atoms with van der Waals surface area (Å²) in [6.45, 7) is 0.429. The Labute approximate surface area is 99.3 Å². The van der Waals surface area contributed by atoms with Gasteiger partial charge < -0.3 is 9.47 Å². The van der Waals surface area contributed by atoms with Crippen molar-refractivity contribution in [2.24, 2.45) is 0 Å². The molecule has 0 aromatic carbocycles. The van der Waals surface area contributed by atoms with Gasteiger partial charge >= 0.3 is 5.97 Å². The molecule has 0 radical (unpaired) electrons. The number of hydrogen-bond acceptors (Lipinski definition) is 5. The van der Waals surface area contributed by atoms with Gasteiger partial charge in [-0.1, -0.05) is 6.07 Å². The predicted molar refractivity (Wildman–Crippen MR) is 60.7 cm³/mol. The Morgan fingerprint density at radius 1 is 1.59 bits per heavy atom. The summed E-state index contributed by atoms with van der Waals surface area (Å²) >= 11 is 0. The number of rotatable bonds is 5. The van der Waals surface area contributed by atoms with E-state index in [4.69, 9.17) is 14.7 Å². The van der Waals surface area contributed by atoms with E-state index in [2.05, 4.69) is 4.98 Å². The van der Waals surface area contributed by atoms with Crippen molar-refractivity contribution in [3.63, 3.8) is 0 Å².